The smallest absolute Gasteiger partial charge is 0.349 e. The predicted molar refractivity (Wildman–Crippen MR) is 109 cm³/mol. The number of H-pyrrole nitrogens is 1. The first-order chi connectivity index (χ1) is 13.5. The topological polar surface area (TPSA) is 92.2 Å². The minimum atomic E-state index is -0.698. The highest BCUT2D eigenvalue weighted by Crippen LogP contribution is 2.21. The van der Waals surface area contributed by atoms with Crippen LogP contribution in [0.4, 0.5) is 5.69 Å². The third-order valence-corrected chi connectivity index (χ3v) is 4.59. The monoisotopic (exact) mass is 374 g/mol. The fourth-order valence-corrected chi connectivity index (χ4v) is 3.31. The Morgan fingerprint density at radius 1 is 1.07 bits per heavy atom. The maximum Gasteiger partial charge on any atom is 0.349 e. The molecule has 4 aromatic rings. The average Bonchev–Trinajstić information content (AvgIpc) is 2.67. The quantitative estimate of drug-likeness (QED) is 0.531. The highest BCUT2D eigenvalue weighted by atomic mass is 16.4. The van der Waals surface area contributed by atoms with E-state index in [0.29, 0.717) is 22.2 Å². The summed E-state index contributed by atoms with van der Waals surface area (Å²) in [7, 11) is 0. The molecular formula is C22H18N2O4. The number of para-hydroxylation sites is 1. The van der Waals surface area contributed by atoms with Gasteiger partial charge in [-0.2, -0.15) is 0 Å². The number of aromatic nitrogens is 1. The maximum atomic E-state index is 12.6. The molecule has 0 fully saturated rings. The summed E-state index contributed by atoms with van der Waals surface area (Å²) in [6.07, 6.45) is 1.72. The summed E-state index contributed by atoms with van der Waals surface area (Å²) in [5, 5.41) is 4.31. The largest absolute Gasteiger partial charge is 0.422 e. The standard InChI is InChI=1S/C22H18N2O4/c1-2-5-13-11-20(25)24-18-12-15(8-9-16(13)18)23-21(26)17-10-14-6-3-4-7-19(14)28-22(17)27/h3-4,6-12H,2,5H2,1H3,(H,23,26)(H,24,25). The number of amides is 1. The van der Waals surface area contributed by atoms with Crippen LogP contribution in [0.3, 0.4) is 0 Å². The van der Waals surface area contributed by atoms with Gasteiger partial charge in [0.25, 0.3) is 5.91 Å². The molecule has 0 spiro atoms. The lowest BCUT2D eigenvalue weighted by atomic mass is 10.0. The predicted octanol–water partition coefficient (Wildman–Crippen LogP) is 3.84. The molecule has 1 amide bonds. The number of carbonyl (C=O) groups is 1. The number of rotatable bonds is 4. The van der Waals surface area contributed by atoms with E-state index in [4.69, 9.17) is 4.42 Å². The first kappa shape index (κ1) is 17.7. The fraction of sp³-hybridized carbons (Fsp3) is 0.136. The molecule has 0 bridgehead atoms. The van der Waals surface area contributed by atoms with Crippen molar-refractivity contribution in [2.24, 2.45) is 0 Å². The molecule has 0 unspecified atom stereocenters. The van der Waals surface area contributed by atoms with E-state index in [1.54, 1.807) is 42.5 Å². The Labute approximate surface area is 159 Å². The van der Waals surface area contributed by atoms with Crippen molar-refractivity contribution in [3.05, 3.63) is 86.5 Å². The summed E-state index contributed by atoms with van der Waals surface area (Å²) in [4.78, 5) is 39.5. The lowest BCUT2D eigenvalue weighted by molar-refractivity contribution is 0.102. The van der Waals surface area contributed by atoms with E-state index in [9.17, 15) is 14.4 Å². The molecule has 2 N–H and O–H groups in total. The number of hydrogen-bond acceptors (Lipinski definition) is 4. The first-order valence-electron chi connectivity index (χ1n) is 9.05. The Balaban J connectivity index is 1.70. The van der Waals surface area contributed by atoms with Gasteiger partial charge in [-0.25, -0.2) is 4.79 Å². The summed E-state index contributed by atoms with van der Waals surface area (Å²) in [5.41, 5.74) is 1.55. The van der Waals surface area contributed by atoms with Crippen LogP contribution >= 0.6 is 0 Å². The van der Waals surface area contributed by atoms with Gasteiger partial charge in [0.15, 0.2) is 0 Å². The van der Waals surface area contributed by atoms with Gasteiger partial charge in [0.2, 0.25) is 5.56 Å². The van der Waals surface area contributed by atoms with Crippen LogP contribution in [-0.4, -0.2) is 10.9 Å². The number of aromatic amines is 1. The van der Waals surface area contributed by atoms with Crippen LogP contribution in [0.25, 0.3) is 21.9 Å². The molecule has 6 nitrogen and oxygen atoms in total. The van der Waals surface area contributed by atoms with Crippen molar-refractivity contribution in [3.63, 3.8) is 0 Å². The maximum absolute atomic E-state index is 12.6. The molecule has 0 aliphatic carbocycles. The van der Waals surface area contributed by atoms with Gasteiger partial charge in [0.05, 0.1) is 5.52 Å². The summed E-state index contributed by atoms with van der Waals surface area (Å²) in [6, 6.07) is 15.4. The number of fused-ring (bicyclic) bond motifs is 2. The van der Waals surface area contributed by atoms with Crippen LogP contribution in [0.2, 0.25) is 0 Å². The Morgan fingerprint density at radius 3 is 2.71 bits per heavy atom. The van der Waals surface area contributed by atoms with E-state index in [1.807, 2.05) is 6.07 Å². The minimum Gasteiger partial charge on any atom is -0.422 e. The Kier molecular flexibility index (Phi) is 4.53. The molecule has 0 saturated carbocycles. The number of nitrogens with one attached hydrogen (secondary N) is 2. The molecule has 0 aliphatic rings. The lowest BCUT2D eigenvalue weighted by Crippen LogP contribution is -2.20. The molecule has 2 aromatic carbocycles. The molecule has 0 atom stereocenters. The second-order valence-corrected chi connectivity index (χ2v) is 6.61. The molecule has 0 radical (unpaired) electrons. The third kappa shape index (κ3) is 3.32. The van der Waals surface area contributed by atoms with E-state index in [0.717, 1.165) is 23.8 Å². The Morgan fingerprint density at radius 2 is 1.89 bits per heavy atom. The second kappa shape index (κ2) is 7.15. The number of benzene rings is 2. The number of hydrogen-bond donors (Lipinski definition) is 2. The van der Waals surface area contributed by atoms with Crippen molar-refractivity contribution < 1.29 is 9.21 Å². The van der Waals surface area contributed by atoms with Crippen molar-refractivity contribution in [2.45, 2.75) is 19.8 Å². The minimum absolute atomic E-state index is 0.0768. The molecule has 0 aliphatic heterocycles. The van der Waals surface area contributed by atoms with E-state index in [-0.39, 0.29) is 11.1 Å². The summed E-state index contributed by atoms with van der Waals surface area (Å²) < 4.78 is 5.22. The van der Waals surface area contributed by atoms with E-state index < -0.39 is 11.5 Å². The first-order valence-corrected chi connectivity index (χ1v) is 9.05. The van der Waals surface area contributed by atoms with Gasteiger partial charge in [-0.3, -0.25) is 9.59 Å². The Hall–Kier alpha value is -3.67. The zero-order chi connectivity index (χ0) is 19.7. The van der Waals surface area contributed by atoms with Crippen LogP contribution < -0.4 is 16.5 Å². The van der Waals surface area contributed by atoms with Crippen LogP contribution in [0, 0.1) is 0 Å². The van der Waals surface area contributed by atoms with Crippen molar-refractivity contribution in [3.8, 4) is 0 Å². The van der Waals surface area contributed by atoms with E-state index in [2.05, 4.69) is 17.2 Å². The van der Waals surface area contributed by atoms with Gasteiger partial charge >= 0.3 is 5.63 Å². The Bertz CT molecular complexity index is 1320. The van der Waals surface area contributed by atoms with Gasteiger partial charge < -0.3 is 14.7 Å². The number of carbonyl (C=O) groups excluding carboxylic acids is 1. The number of aryl methyl sites for hydroxylation is 1. The molecule has 6 heteroatoms. The van der Waals surface area contributed by atoms with Crippen LogP contribution in [-0.2, 0) is 6.42 Å². The molecule has 0 saturated heterocycles. The molecular weight excluding hydrogens is 356 g/mol. The van der Waals surface area contributed by atoms with Crippen LogP contribution in [0.5, 0.6) is 0 Å². The fourth-order valence-electron chi connectivity index (χ4n) is 3.31. The summed E-state index contributed by atoms with van der Waals surface area (Å²) >= 11 is 0. The zero-order valence-electron chi connectivity index (χ0n) is 15.2. The molecule has 140 valence electrons. The zero-order valence-corrected chi connectivity index (χ0v) is 15.2. The van der Waals surface area contributed by atoms with Gasteiger partial charge in [-0.15, -0.1) is 0 Å². The normalized spacial score (nSPS) is 11.0. The van der Waals surface area contributed by atoms with E-state index in [1.165, 1.54) is 6.07 Å². The molecule has 2 aromatic heterocycles. The van der Waals surface area contributed by atoms with Crippen molar-refractivity contribution in [1.29, 1.82) is 0 Å². The van der Waals surface area contributed by atoms with Crippen LogP contribution in [0.15, 0.2) is 68.6 Å². The molecule has 4 rings (SSSR count). The van der Waals surface area contributed by atoms with Gasteiger partial charge in [-0.1, -0.05) is 37.6 Å². The van der Waals surface area contributed by atoms with Crippen molar-refractivity contribution >= 4 is 33.5 Å². The van der Waals surface area contributed by atoms with Crippen LogP contribution in [0.1, 0.15) is 29.3 Å². The highest BCUT2D eigenvalue weighted by Gasteiger charge is 2.14. The lowest BCUT2D eigenvalue weighted by Gasteiger charge is -2.09. The van der Waals surface area contributed by atoms with Gasteiger partial charge in [0, 0.05) is 22.5 Å². The summed E-state index contributed by atoms with van der Waals surface area (Å²) in [5.74, 6) is -0.564. The average molecular weight is 374 g/mol. The highest BCUT2D eigenvalue weighted by molar-refractivity contribution is 6.06. The van der Waals surface area contributed by atoms with Gasteiger partial charge in [0.1, 0.15) is 11.1 Å². The third-order valence-electron chi connectivity index (χ3n) is 4.59. The van der Waals surface area contributed by atoms with Gasteiger partial charge in [-0.05, 0) is 36.2 Å². The SMILES string of the molecule is CCCc1cc(=O)[nH]c2cc(NC(=O)c3cc4ccccc4oc3=O)ccc12. The number of pyridine rings is 1. The van der Waals surface area contributed by atoms with Crippen molar-refractivity contribution in [2.75, 3.05) is 5.32 Å². The molecule has 28 heavy (non-hydrogen) atoms. The molecule has 2 heterocycles. The van der Waals surface area contributed by atoms with E-state index >= 15 is 0 Å². The number of anilines is 1. The van der Waals surface area contributed by atoms with Crippen molar-refractivity contribution in [1.82, 2.24) is 4.98 Å². The second-order valence-electron chi connectivity index (χ2n) is 6.61. The summed E-state index contributed by atoms with van der Waals surface area (Å²) in [6.45, 7) is 2.05.